The van der Waals surface area contributed by atoms with E-state index in [4.69, 9.17) is 9.92 Å². The van der Waals surface area contributed by atoms with Crippen molar-refractivity contribution < 1.29 is 12.6 Å². The van der Waals surface area contributed by atoms with Crippen LogP contribution in [0.3, 0.4) is 0 Å². The van der Waals surface area contributed by atoms with Crippen LogP contribution >= 0.6 is 0 Å². The van der Waals surface area contributed by atoms with E-state index in [2.05, 4.69) is 15.0 Å². The quantitative estimate of drug-likeness (QED) is 0.614. The highest BCUT2D eigenvalue weighted by atomic mass is 32.2. The molecular formula is C9H8N4O3S. The maximum atomic E-state index is 11.8. The van der Waals surface area contributed by atoms with Gasteiger partial charge < -0.3 is 9.92 Å². The van der Waals surface area contributed by atoms with Gasteiger partial charge in [0.25, 0.3) is 0 Å². The van der Waals surface area contributed by atoms with Crippen molar-refractivity contribution in [3.05, 3.63) is 36.9 Å². The molecule has 0 bridgehead atoms. The lowest BCUT2D eigenvalue weighted by Gasteiger charge is -2.04. The van der Waals surface area contributed by atoms with Crippen molar-refractivity contribution in [2.75, 3.05) is 5.73 Å². The van der Waals surface area contributed by atoms with E-state index < -0.39 is 10.1 Å². The highest BCUT2D eigenvalue weighted by molar-refractivity contribution is 7.87. The van der Waals surface area contributed by atoms with E-state index in [0.29, 0.717) is 5.69 Å². The molecule has 0 spiro atoms. The Labute approximate surface area is 97.4 Å². The molecule has 1 aromatic carbocycles. The van der Waals surface area contributed by atoms with E-state index in [1.807, 2.05) is 0 Å². The molecule has 0 saturated carbocycles. The Morgan fingerprint density at radius 2 is 1.88 bits per heavy atom. The molecule has 0 unspecified atom stereocenters. The molecule has 2 N–H and O–H groups in total. The normalized spacial score (nSPS) is 11.1. The van der Waals surface area contributed by atoms with Crippen molar-refractivity contribution in [1.29, 1.82) is 0 Å². The second-order valence-corrected chi connectivity index (χ2v) is 4.58. The van der Waals surface area contributed by atoms with Gasteiger partial charge in [0.15, 0.2) is 0 Å². The van der Waals surface area contributed by atoms with Crippen molar-refractivity contribution >= 4 is 15.8 Å². The Morgan fingerprint density at radius 1 is 1.18 bits per heavy atom. The zero-order valence-electron chi connectivity index (χ0n) is 8.52. The Morgan fingerprint density at radius 3 is 2.53 bits per heavy atom. The summed E-state index contributed by atoms with van der Waals surface area (Å²) in [7, 11) is -3.97. The number of hydrogen-bond acceptors (Lipinski definition) is 7. The van der Waals surface area contributed by atoms with E-state index in [0.717, 1.165) is 12.7 Å². The molecule has 0 atom stereocenters. The van der Waals surface area contributed by atoms with Crippen LogP contribution in [0.15, 0.2) is 41.8 Å². The van der Waals surface area contributed by atoms with Gasteiger partial charge in [0, 0.05) is 5.69 Å². The van der Waals surface area contributed by atoms with Crippen LogP contribution in [0.5, 0.6) is 6.01 Å². The summed E-state index contributed by atoms with van der Waals surface area (Å²) in [5.74, 6) is 0. The number of nitrogens with zero attached hydrogens (tertiary/aromatic N) is 3. The smallest absolute Gasteiger partial charge is 0.341 e. The van der Waals surface area contributed by atoms with Gasteiger partial charge in [0.2, 0.25) is 0 Å². The molecule has 1 aromatic heterocycles. The monoisotopic (exact) mass is 252 g/mol. The van der Waals surface area contributed by atoms with E-state index >= 15 is 0 Å². The third-order valence-corrected chi connectivity index (χ3v) is 3.00. The molecular weight excluding hydrogens is 244 g/mol. The summed E-state index contributed by atoms with van der Waals surface area (Å²) in [5.41, 5.74) is 5.81. The van der Waals surface area contributed by atoms with Gasteiger partial charge in [-0.05, 0) is 18.2 Å². The van der Waals surface area contributed by atoms with Crippen LogP contribution in [0.4, 0.5) is 5.69 Å². The number of hydrogen-bond donors (Lipinski definition) is 1. The molecule has 2 aromatic rings. The molecule has 8 heteroatoms. The fraction of sp³-hybridized carbons (Fsp3) is 0. The van der Waals surface area contributed by atoms with Crippen LogP contribution in [-0.2, 0) is 10.1 Å². The van der Waals surface area contributed by atoms with Gasteiger partial charge in [-0.1, -0.05) is 6.07 Å². The summed E-state index contributed by atoms with van der Waals surface area (Å²) in [6.45, 7) is 0. The first-order valence-corrected chi connectivity index (χ1v) is 5.91. The Bertz CT molecular complexity index is 615. The standard InChI is InChI=1S/C9H8N4O3S/c10-7-2-1-3-8(4-7)17(14,15)16-9-12-5-11-6-13-9/h1-6H,10H2. The summed E-state index contributed by atoms with van der Waals surface area (Å²) in [6.07, 6.45) is 2.27. The highest BCUT2D eigenvalue weighted by Crippen LogP contribution is 2.16. The molecule has 88 valence electrons. The maximum Gasteiger partial charge on any atom is 0.341 e. The average Bonchev–Trinajstić information content (AvgIpc) is 2.30. The van der Waals surface area contributed by atoms with Gasteiger partial charge in [-0.25, -0.2) is 4.98 Å². The zero-order valence-corrected chi connectivity index (χ0v) is 9.33. The highest BCUT2D eigenvalue weighted by Gasteiger charge is 2.18. The first-order chi connectivity index (χ1) is 8.08. The second kappa shape index (κ2) is 4.34. The summed E-state index contributed by atoms with van der Waals surface area (Å²) in [6, 6.07) is 5.45. The minimum absolute atomic E-state index is 0.0575. The number of nitrogen functional groups attached to an aromatic ring is 1. The molecule has 0 saturated heterocycles. The van der Waals surface area contributed by atoms with E-state index in [9.17, 15) is 8.42 Å². The number of anilines is 1. The summed E-state index contributed by atoms with van der Waals surface area (Å²) >= 11 is 0. The molecule has 0 amide bonds. The van der Waals surface area contributed by atoms with Crippen LogP contribution in [0.25, 0.3) is 0 Å². The van der Waals surface area contributed by atoms with Gasteiger partial charge in [-0.2, -0.15) is 18.4 Å². The van der Waals surface area contributed by atoms with Crippen molar-refractivity contribution in [1.82, 2.24) is 15.0 Å². The predicted molar refractivity (Wildman–Crippen MR) is 58.5 cm³/mol. The van der Waals surface area contributed by atoms with Crippen LogP contribution in [0, 0.1) is 0 Å². The lowest BCUT2D eigenvalue weighted by molar-refractivity contribution is 0.462. The zero-order chi connectivity index (χ0) is 12.3. The molecule has 0 aliphatic rings. The van der Waals surface area contributed by atoms with Crippen LogP contribution in [0.2, 0.25) is 0 Å². The van der Waals surface area contributed by atoms with Crippen LogP contribution in [0.1, 0.15) is 0 Å². The van der Waals surface area contributed by atoms with Crippen molar-refractivity contribution in [3.8, 4) is 6.01 Å². The third-order valence-electron chi connectivity index (χ3n) is 1.80. The summed E-state index contributed by atoms with van der Waals surface area (Å²) < 4.78 is 28.2. The van der Waals surface area contributed by atoms with Crippen molar-refractivity contribution in [2.24, 2.45) is 0 Å². The van der Waals surface area contributed by atoms with E-state index in [1.165, 1.54) is 18.2 Å². The fourth-order valence-electron chi connectivity index (χ4n) is 1.09. The molecule has 0 aliphatic carbocycles. The first-order valence-electron chi connectivity index (χ1n) is 4.50. The first kappa shape index (κ1) is 11.3. The summed E-state index contributed by atoms with van der Waals surface area (Å²) in [4.78, 5) is 10.6. The second-order valence-electron chi connectivity index (χ2n) is 3.03. The lowest BCUT2D eigenvalue weighted by atomic mass is 10.3. The van der Waals surface area contributed by atoms with Crippen LogP contribution < -0.4 is 9.92 Å². The van der Waals surface area contributed by atoms with E-state index in [1.54, 1.807) is 6.07 Å². The molecule has 0 fully saturated rings. The minimum Gasteiger partial charge on any atom is -0.399 e. The van der Waals surface area contributed by atoms with E-state index in [-0.39, 0.29) is 10.9 Å². The molecule has 2 rings (SSSR count). The maximum absolute atomic E-state index is 11.8. The molecule has 1 heterocycles. The van der Waals surface area contributed by atoms with Crippen molar-refractivity contribution in [3.63, 3.8) is 0 Å². The predicted octanol–water partition coefficient (Wildman–Crippen LogP) is 0.222. The molecule has 17 heavy (non-hydrogen) atoms. The largest absolute Gasteiger partial charge is 0.399 e. The molecule has 7 nitrogen and oxygen atoms in total. The fourth-order valence-corrected chi connectivity index (χ4v) is 1.99. The molecule has 0 radical (unpaired) electrons. The summed E-state index contributed by atoms with van der Waals surface area (Å²) in [5, 5.41) is 0. The van der Waals surface area contributed by atoms with Gasteiger partial charge in [0.1, 0.15) is 17.6 Å². The number of benzene rings is 1. The van der Waals surface area contributed by atoms with Gasteiger partial charge in [-0.15, -0.1) is 0 Å². The number of aromatic nitrogens is 3. The SMILES string of the molecule is Nc1cccc(S(=O)(=O)Oc2ncncn2)c1. The average molecular weight is 252 g/mol. The Hall–Kier alpha value is -2.22. The number of nitrogens with two attached hydrogens (primary N) is 1. The number of rotatable bonds is 3. The minimum atomic E-state index is -3.97. The lowest BCUT2D eigenvalue weighted by Crippen LogP contribution is -2.11. The molecule has 0 aliphatic heterocycles. The van der Waals surface area contributed by atoms with Crippen molar-refractivity contribution in [2.45, 2.75) is 4.90 Å². The topological polar surface area (TPSA) is 108 Å². The third kappa shape index (κ3) is 2.67. The Kier molecular flexibility index (Phi) is 2.88. The van der Waals surface area contributed by atoms with Gasteiger partial charge in [-0.3, -0.25) is 0 Å². The Balaban J connectivity index is 2.32. The van der Waals surface area contributed by atoms with Gasteiger partial charge >= 0.3 is 16.1 Å². The van der Waals surface area contributed by atoms with Gasteiger partial charge in [0.05, 0.1) is 0 Å². The van der Waals surface area contributed by atoms with Crippen LogP contribution in [-0.4, -0.2) is 23.4 Å².